The van der Waals surface area contributed by atoms with Crippen LogP contribution in [0.4, 0.5) is 0 Å². The minimum atomic E-state index is 1.03. The van der Waals surface area contributed by atoms with Gasteiger partial charge in [-0.05, 0) is 174 Å². The third-order valence-corrected chi connectivity index (χ3v) is 19.4. The highest BCUT2D eigenvalue weighted by Crippen LogP contribution is 2.43. The molecule has 0 fully saturated rings. The largest absolute Gasteiger partial charge is 0.220 e. The lowest BCUT2D eigenvalue weighted by Crippen LogP contribution is -2.32. The quantitative estimate of drug-likeness (QED) is 0.153. The SMILES string of the molecule is CC.CC.CC.CC.CC.CC.CC.CC.CC.CC.CC.Cc1ccc2c(c1-c1cccc[n+]1C)Cc1ccccc1-2.Cc1ccccc1-c1c2c(cc[n+]1C)-c1ccccc1C2.Cc1ccccc1-c1c2c(cc[n+]1C)C=CC2.Cc1ccccc1-c1c2ccccc2cc[n+]1C.Cc1ccccc1-c1ccc2ccccc2[n+]1C. The minimum Gasteiger partial charge on any atom is -0.201 e. The van der Waals surface area contributed by atoms with Crippen LogP contribution in [0.3, 0.4) is 0 Å². The lowest BCUT2D eigenvalue weighted by Gasteiger charge is -2.10. The molecule has 5 heterocycles. The van der Waals surface area contributed by atoms with Gasteiger partial charge in [-0.15, -0.1) is 0 Å². The number of aromatic nitrogens is 5. The van der Waals surface area contributed by atoms with Gasteiger partial charge in [0.15, 0.2) is 24.8 Å². The van der Waals surface area contributed by atoms with E-state index in [0.29, 0.717) is 0 Å². The van der Waals surface area contributed by atoms with Crippen molar-refractivity contribution >= 4 is 27.8 Å². The van der Waals surface area contributed by atoms with Crippen LogP contribution in [-0.4, -0.2) is 0 Å². The predicted molar refractivity (Wildman–Crippen MR) is 518 cm³/mol. The van der Waals surface area contributed by atoms with Crippen LogP contribution in [0, 0.1) is 34.6 Å². The normalized spacial score (nSPS) is 10.1. The maximum absolute atomic E-state index is 2.28. The molecule has 0 unspecified atom stereocenters. The fraction of sp³-hybridized carbons (Fsp3) is 0.312. The molecule has 5 nitrogen and oxygen atoms in total. The second-order valence-electron chi connectivity index (χ2n) is 25.6. The fourth-order valence-electron chi connectivity index (χ4n) is 14.5. The lowest BCUT2D eigenvalue weighted by molar-refractivity contribution is -0.660. The molecule has 0 N–H and O–H groups in total. The first kappa shape index (κ1) is 102. The Morgan fingerprint density at radius 3 is 1.13 bits per heavy atom. The monoisotopic (exact) mass is 1570 g/mol. The van der Waals surface area contributed by atoms with Crippen LogP contribution in [0.1, 0.15) is 214 Å². The lowest BCUT2D eigenvalue weighted by atomic mass is 9.94. The van der Waals surface area contributed by atoms with E-state index in [1.165, 1.54) is 161 Å². The summed E-state index contributed by atoms with van der Waals surface area (Å²) in [5, 5.41) is 3.86. The molecule has 5 heteroatoms. The molecule has 0 saturated heterocycles. The number of pyridine rings is 5. The molecule has 618 valence electrons. The minimum absolute atomic E-state index is 1.03. The van der Waals surface area contributed by atoms with E-state index in [-0.39, 0.29) is 0 Å². The summed E-state index contributed by atoms with van der Waals surface area (Å²) in [6.45, 7) is 54.9. The number of nitrogens with zero attached hydrogens (tertiary/aromatic N) is 5. The molecule has 3 aliphatic carbocycles. The highest BCUT2D eigenvalue weighted by molar-refractivity contribution is 5.93. The smallest absolute Gasteiger partial charge is 0.201 e. The van der Waals surface area contributed by atoms with Crippen molar-refractivity contribution in [2.24, 2.45) is 35.2 Å². The van der Waals surface area contributed by atoms with E-state index >= 15 is 0 Å². The number of allylic oxidation sites excluding steroid dienone is 1. The van der Waals surface area contributed by atoms with Crippen molar-refractivity contribution in [3.05, 3.63) is 347 Å². The van der Waals surface area contributed by atoms with Gasteiger partial charge in [0.25, 0.3) is 0 Å². The van der Waals surface area contributed by atoms with Gasteiger partial charge >= 0.3 is 0 Å². The van der Waals surface area contributed by atoms with E-state index in [2.05, 4.69) is 384 Å². The summed E-state index contributed by atoms with van der Waals surface area (Å²) in [5.41, 5.74) is 35.3. The highest BCUT2D eigenvalue weighted by Gasteiger charge is 2.29. The van der Waals surface area contributed by atoms with Crippen molar-refractivity contribution in [1.29, 1.82) is 0 Å². The molecular weight excluding hydrogens is 1420 g/mol. The fourth-order valence-corrected chi connectivity index (χ4v) is 14.5. The summed E-state index contributed by atoms with van der Waals surface area (Å²) in [7, 11) is 10.6. The highest BCUT2D eigenvalue weighted by atomic mass is 14.9. The molecule has 0 bridgehead atoms. The predicted octanol–water partition coefficient (Wildman–Crippen LogP) is 29.7. The van der Waals surface area contributed by atoms with E-state index in [0.717, 1.165) is 19.3 Å². The number of hydrogen-bond donors (Lipinski definition) is 0. The van der Waals surface area contributed by atoms with Gasteiger partial charge in [-0.25, -0.2) is 18.3 Å². The standard InChI is InChI=1S/2C20H18N.2C17H16N.C16H16N.11C2H6/c1-14-7-3-5-9-16(14)20-19-13-15-8-4-6-10-17(15)18(19)11-12-21(20)2;1-14-10-11-17-16-8-4-3-7-15(16)13-18(17)20(14)19-9-5-6-12-21(19)2;1-13-7-3-5-9-15(13)17-16-10-6-4-8-14(16)11-12-18(17)2;1-13-7-3-5-9-15(13)17-12-11-14-8-4-6-10-16(14)18(17)2;1-12-6-3-4-8-14(12)16-15-9-5-7-13(15)10-11-17(16)2;11*1-2/h2*3-12H,13H2,1-2H3;2*3-12H,1-2H3;3-8,10-11H,9H2,1-2H3;11*1-2H3/q5*+1;;;;;;;;;;;. The van der Waals surface area contributed by atoms with Gasteiger partial charge in [0.1, 0.15) is 35.2 Å². The zero-order valence-corrected chi connectivity index (χ0v) is 78.6. The van der Waals surface area contributed by atoms with E-state index in [1.807, 2.05) is 152 Å². The van der Waals surface area contributed by atoms with Crippen molar-refractivity contribution in [2.45, 2.75) is 206 Å². The average Bonchev–Trinajstić information content (AvgIpc) is 1.62. The van der Waals surface area contributed by atoms with Gasteiger partial charge in [0, 0.05) is 87.7 Å². The molecule has 5 aromatic heterocycles. The molecule has 0 saturated carbocycles. The Hall–Kier alpha value is -11.0. The van der Waals surface area contributed by atoms with Crippen molar-refractivity contribution in [3.8, 4) is 78.5 Å². The van der Waals surface area contributed by atoms with E-state index < -0.39 is 0 Å². The number of para-hydroxylation sites is 1. The first-order valence-corrected chi connectivity index (χ1v) is 44.3. The van der Waals surface area contributed by atoms with Crippen molar-refractivity contribution in [2.75, 3.05) is 0 Å². The number of aryl methyl sites for hydroxylation is 10. The average molecular weight is 1570 g/mol. The first-order chi connectivity index (χ1) is 57.3. The third kappa shape index (κ3) is 26.0. The van der Waals surface area contributed by atoms with Crippen LogP contribution in [0.5, 0.6) is 0 Å². The second-order valence-corrected chi connectivity index (χ2v) is 25.6. The summed E-state index contributed by atoms with van der Waals surface area (Å²) in [5.74, 6) is 0. The molecule has 0 atom stereocenters. The zero-order chi connectivity index (χ0) is 87.7. The van der Waals surface area contributed by atoms with Gasteiger partial charge in [-0.3, -0.25) is 0 Å². The Bertz CT molecular complexity index is 5100. The number of fused-ring (bicyclic) bond motifs is 9. The van der Waals surface area contributed by atoms with Crippen LogP contribution in [0.2, 0.25) is 0 Å². The second kappa shape index (κ2) is 56.3. The Morgan fingerprint density at radius 2 is 0.624 bits per heavy atom. The Balaban J connectivity index is 0.000000468. The third-order valence-electron chi connectivity index (χ3n) is 19.4. The van der Waals surface area contributed by atoms with Gasteiger partial charge in [-0.2, -0.15) is 4.57 Å². The van der Waals surface area contributed by atoms with E-state index in [4.69, 9.17) is 0 Å². The Kier molecular flexibility index (Phi) is 49.1. The molecule has 0 aliphatic heterocycles. The molecule has 0 spiro atoms. The zero-order valence-electron chi connectivity index (χ0n) is 78.6. The van der Waals surface area contributed by atoms with Crippen molar-refractivity contribution < 1.29 is 22.8 Å². The van der Waals surface area contributed by atoms with Crippen LogP contribution < -0.4 is 22.8 Å². The molecule has 117 heavy (non-hydrogen) atoms. The molecule has 0 radical (unpaired) electrons. The molecule has 3 aliphatic rings. The number of hydrogen-bond acceptors (Lipinski definition) is 0. The van der Waals surface area contributed by atoms with E-state index in [1.54, 1.807) is 0 Å². The molecule has 14 aromatic rings. The first-order valence-electron chi connectivity index (χ1n) is 44.3. The Labute approximate surface area is 712 Å². The molecule has 0 amide bonds. The van der Waals surface area contributed by atoms with Crippen LogP contribution in [0.25, 0.3) is 106 Å². The van der Waals surface area contributed by atoms with Crippen molar-refractivity contribution in [3.63, 3.8) is 0 Å². The van der Waals surface area contributed by atoms with E-state index in [9.17, 15) is 0 Å². The van der Waals surface area contributed by atoms with Crippen LogP contribution >= 0.6 is 0 Å². The van der Waals surface area contributed by atoms with Gasteiger partial charge in [-0.1, -0.05) is 328 Å². The molecule has 17 rings (SSSR count). The maximum Gasteiger partial charge on any atom is 0.220 e. The van der Waals surface area contributed by atoms with Gasteiger partial charge in [0.2, 0.25) is 34.0 Å². The summed E-state index contributed by atoms with van der Waals surface area (Å²) in [6.07, 6.45) is 16.2. The number of rotatable bonds is 5. The van der Waals surface area contributed by atoms with Crippen LogP contribution in [-0.2, 0) is 54.5 Å². The van der Waals surface area contributed by atoms with Gasteiger partial charge < -0.3 is 0 Å². The summed E-state index contributed by atoms with van der Waals surface area (Å²) < 4.78 is 11.2. The van der Waals surface area contributed by atoms with Crippen LogP contribution in [0.15, 0.2) is 286 Å². The topological polar surface area (TPSA) is 19.4 Å². The molecule has 9 aromatic carbocycles. The summed E-state index contributed by atoms with van der Waals surface area (Å²) >= 11 is 0. The Morgan fingerprint density at radius 1 is 0.239 bits per heavy atom. The summed E-state index contributed by atoms with van der Waals surface area (Å²) in [6, 6.07) is 90.8. The summed E-state index contributed by atoms with van der Waals surface area (Å²) in [4.78, 5) is 0. The molecular formula is C112H150N5+5. The van der Waals surface area contributed by atoms with Crippen molar-refractivity contribution in [1.82, 2.24) is 0 Å². The van der Waals surface area contributed by atoms with Gasteiger partial charge in [0.05, 0.1) is 10.9 Å². The number of benzene rings is 9. The maximum atomic E-state index is 2.28.